The number of halogens is 3. The Hall–Kier alpha value is -4.61. The zero-order chi connectivity index (χ0) is 28.8. The number of rotatable bonds is 5. The number of carboxylic acid groups (broad SMARTS) is 1. The van der Waals surface area contributed by atoms with Crippen LogP contribution in [0.4, 0.5) is 14.5 Å². The molecular weight excluding hydrogens is 556 g/mol. The van der Waals surface area contributed by atoms with Gasteiger partial charge in [0, 0.05) is 48.5 Å². The molecule has 0 amide bonds. The second-order valence-electron chi connectivity index (χ2n) is 9.78. The van der Waals surface area contributed by atoms with Gasteiger partial charge in [0.1, 0.15) is 23.0 Å². The van der Waals surface area contributed by atoms with Crippen molar-refractivity contribution in [3.8, 4) is 5.69 Å². The van der Waals surface area contributed by atoms with Gasteiger partial charge >= 0.3 is 5.97 Å². The first kappa shape index (κ1) is 26.6. The molecule has 2 aromatic heterocycles. The van der Waals surface area contributed by atoms with Crippen LogP contribution in [0.5, 0.6) is 0 Å². The fourth-order valence-corrected chi connectivity index (χ4v) is 5.31. The standard InChI is InChI=1S/C29H22ClF2N5O4/c30-16-1-6-23-19(11-16)28(39)34-26(33-23)15-35-7-9-36(10-8-35)25-13-24-20(12-22(25)32)27(38)21(29(40)41)14-37(24)18-4-2-17(31)3-5-18/h1-6,11-14H,7-10,15H2,(H,40,41)(H,33,34,39). The van der Waals surface area contributed by atoms with Crippen molar-refractivity contribution < 1.29 is 18.7 Å². The molecule has 1 aliphatic rings. The number of fused-ring (bicyclic) bond motifs is 2. The SMILES string of the molecule is O=C(O)c1cn(-c2ccc(F)cc2)c2cc(N3CCN(Cc4nc5ccc(Cl)cc5c(=O)[nH]4)CC3)c(F)cc2c1=O. The summed E-state index contributed by atoms with van der Waals surface area (Å²) in [6.07, 6.45) is 1.17. The van der Waals surface area contributed by atoms with E-state index in [1.165, 1.54) is 41.1 Å². The first-order chi connectivity index (χ1) is 19.7. The van der Waals surface area contributed by atoms with Gasteiger partial charge in [-0.1, -0.05) is 11.6 Å². The van der Waals surface area contributed by atoms with Gasteiger partial charge in [0.05, 0.1) is 28.7 Å². The van der Waals surface area contributed by atoms with Crippen LogP contribution in [0.3, 0.4) is 0 Å². The van der Waals surface area contributed by atoms with Gasteiger partial charge in [-0.2, -0.15) is 0 Å². The highest BCUT2D eigenvalue weighted by atomic mass is 35.5. The highest BCUT2D eigenvalue weighted by Gasteiger charge is 2.23. The molecule has 0 unspecified atom stereocenters. The quantitative estimate of drug-likeness (QED) is 0.322. The molecule has 0 saturated carbocycles. The van der Waals surface area contributed by atoms with E-state index in [2.05, 4.69) is 14.9 Å². The normalized spacial score (nSPS) is 14.2. The van der Waals surface area contributed by atoms with E-state index >= 15 is 4.39 Å². The van der Waals surface area contributed by atoms with E-state index in [9.17, 15) is 23.9 Å². The van der Waals surface area contributed by atoms with Gasteiger partial charge in [-0.15, -0.1) is 0 Å². The third kappa shape index (κ3) is 5.05. The number of hydrogen-bond donors (Lipinski definition) is 2. The highest BCUT2D eigenvalue weighted by Crippen LogP contribution is 2.28. The van der Waals surface area contributed by atoms with Gasteiger partial charge in [0.2, 0.25) is 5.43 Å². The predicted octanol–water partition coefficient (Wildman–Crippen LogP) is 4.18. The van der Waals surface area contributed by atoms with Crippen molar-refractivity contribution in [3.05, 3.63) is 109 Å². The van der Waals surface area contributed by atoms with Gasteiger partial charge in [-0.3, -0.25) is 14.5 Å². The molecule has 41 heavy (non-hydrogen) atoms. The Morgan fingerprint density at radius 1 is 0.976 bits per heavy atom. The number of carboxylic acids is 1. The van der Waals surface area contributed by atoms with Crippen molar-refractivity contribution in [1.82, 2.24) is 19.4 Å². The monoisotopic (exact) mass is 577 g/mol. The first-order valence-corrected chi connectivity index (χ1v) is 13.1. The third-order valence-electron chi connectivity index (χ3n) is 7.21. The van der Waals surface area contributed by atoms with Crippen molar-refractivity contribution in [2.45, 2.75) is 6.54 Å². The van der Waals surface area contributed by atoms with Crippen LogP contribution < -0.4 is 15.9 Å². The Balaban J connectivity index is 1.29. The third-order valence-corrected chi connectivity index (χ3v) is 7.45. The van der Waals surface area contributed by atoms with Crippen LogP contribution in [0.2, 0.25) is 5.02 Å². The number of aromatic nitrogens is 3. The summed E-state index contributed by atoms with van der Waals surface area (Å²) in [6.45, 7) is 2.38. The fourth-order valence-electron chi connectivity index (χ4n) is 5.14. The molecule has 6 rings (SSSR count). The minimum Gasteiger partial charge on any atom is -0.477 e. The summed E-state index contributed by atoms with van der Waals surface area (Å²) < 4.78 is 30.4. The van der Waals surface area contributed by atoms with Gasteiger partial charge in [-0.05, 0) is 54.6 Å². The fraction of sp³-hybridized carbons (Fsp3) is 0.172. The van der Waals surface area contributed by atoms with E-state index in [-0.39, 0.29) is 16.6 Å². The number of carbonyl (C=O) groups is 1. The van der Waals surface area contributed by atoms with E-state index in [1.807, 2.05) is 4.90 Å². The Bertz CT molecular complexity index is 1950. The van der Waals surface area contributed by atoms with Crippen LogP contribution >= 0.6 is 11.6 Å². The molecule has 0 aliphatic carbocycles. The summed E-state index contributed by atoms with van der Waals surface area (Å²) in [5.74, 6) is -2.07. The van der Waals surface area contributed by atoms with E-state index in [4.69, 9.17) is 11.6 Å². The Morgan fingerprint density at radius 2 is 1.71 bits per heavy atom. The molecule has 1 fully saturated rings. The lowest BCUT2D eigenvalue weighted by atomic mass is 10.1. The molecule has 0 bridgehead atoms. The van der Waals surface area contributed by atoms with E-state index in [0.29, 0.717) is 65.7 Å². The number of benzene rings is 3. The highest BCUT2D eigenvalue weighted by molar-refractivity contribution is 6.31. The molecule has 5 aromatic rings. The summed E-state index contributed by atoms with van der Waals surface area (Å²) in [5, 5.41) is 10.3. The molecule has 9 nitrogen and oxygen atoms in total. The zero-order valence-electron chi connectivity index (χ0n) is 21.4. The smallest absolute Gasteiger partial charge is 0.341 e. The van der Waals surface area contributed by atoms with Crippen LogP contribution in [0.1, 0.15) is 16.2 Å². The minimum absolute atomic E-state index is 0.0956. The van der Waals surface area contributed by atoms with Crippen LogP contribution in [-0.2, 0) is 6.54 Å². The lowest BCUT2D eigenvalue weighted by Crippen LogP contribution is -2.46. The Morgan fingerprint density at radius 3 is 2.41 bits per heavy atom. The van der Waals surface area contributed by atoms with E-state index < -0.39 is 28.6 Å². The topological polar surface area (TPSA) is 112 Å². The Kier molecular flexibility index (Phi) is 6.76. The van der Waals surface area contributed by atoms with Crippen molar-refractivity contribution in [3.63, 3.8) is 0 Å². The second-order valence-corrected chi connectivity index (χ2v) is 10.2. The molecule has 0 spiro atoms. The zero-order valence-corrected chi connectivity index (χ0v) is 22.2. The number of nitrogens with zero attached hydrogens (tertiary/aromatic N) is 4. The molecule has 3 heterocycles. The van der Waals surface area contributed by atoms with Crippen molar-refractivity contribution in [2.24, 2.45) is 0 Å². The number of H-pyrrole nitrogens is 1. The number of hydrogen-bond acceptors (Lipinski definition) is 6. The second kappa shape index (κ2) is 10.4. The van der Waals surface area contributed by atoms with Crippen LogP contribution in [0, 0.1) is 11.6 Å². The maximum absolute atomic E-state index is 15.4. The van der Waals surface area contributed by atoms with Crippen LogP contribution in [-0.4, -0.2) is 56.7 Å². The lowest BCUT2D eigenvalue weighted by Gasteiger charge is -2.36. The summed E-state index contributed by atoms with van der Waals surface area (Å²) in [7, 11) is 0. The molecule has 0 radical (unpaired) electrons. The van der Waals surface area contributed by atoms with Gasteiger partial charge < -0.3 is 19.6 Å². The van der Waals surface area contributed by atoms with Crippen LogP contribution in [0.25, 0.3) is 27.5 Å². The largest absolute Gasteiger partial charge is 0.477 e. The molecule has 12 heteroatoms. The van der Waals surface area contributed by atoms with Crippen molar-refractivity contribution in [1.29, 1.82) is 0 Å². The molecular formula is C29H22ClF2N5O4. The average molecular weight is 578 g/mol. The van der Waals surface area contributed by atoms with Crippen molar-refractivity contribution in [2.75, 3.05) is 31.1 Å². The molecule has 0 atom stereocenters. The van der Waals surface area contributed by atoms with Gasteiger partial charge in [-0.25, -0.2) is 18.6 Å². The molecule has 208 valence electrons. The predicted molar refractivity (Wildman–Crippen MR) is 151 cm³/mol. The molecule has 1 saturated heterocycles. The maximum atomic E-state index is 15.4. The van der Waals surface area contributed by atoms with Gasteiger partial charge in [0.25, 0.3) is 5.56 Å². The summed E-state index contributed by atoms with van der Waals surface area (Å²) in [6, 6.07) is 12.9. The summed E-state index contributed by atoms with van der Waals surface area (Å²) in [4.78, 5) is 48.4. The minimum atomic E-state index is -1.44. The number of anilines is 1. The molecule has 2 N–H and O–H groups in total. The number of pyridine rings is 1. The maximum Gasteiger partial charge on any atom is 0.341 e. The molecule has 1 aliphatic heterocycles. The summed E-state index contributed by atoms with van der Waals surface area (Å²) in [5.41, 5.74) is -0.0919. The number of aromatic amines is 1. The molecule has 3 aromatic carbocycles. The Labute approximate surface area is 235 Å². The van der Waals surface area contributed by atoms with E-state index in [1.54, 1.807) is 18.2 Å². The average Bonchev–Trinajstić information content (AvgIpc) is 2.95. The van der Waals surface area contributed by atoms with Gasteiger partial charge in [0.15, 0.2) is 0 Å². The number of piperazine rings is 1. The number of nitrogens with one attached hydrogen (secondary N) is 1. The van der Waals surface area contributed by atoms with E-state index in [0.717, 1.165) is 6.07 Å². The van der Waals surface area contributed by atoms with Crippen molar-refractivity contribution >= 4 is 45.1 Å². The number of aromatic carboxylic acids is 1. The van der Waals surface area contributed by atoms with Crippen LogP contribution in [0.15, 0.2) is 70.4 Å². The lowest BCUT2D eigenvalue weighted by molar-refractivity contribution is 0.0695. The summed E-state index contributed by atoms with van der Waals surface area (Å²) >= 11 is 5.99. The first-order valence-electron chi connectivity index (χ1n) is 12.7.